The van der Waals surface area contributed by atoms with Crippen LogP contribution in [0, 0.1) is 0 Å². The van der Waals surface area contributed by atoms with Crippen molar-refractivity contribution in [2.45, 2.75) is 0 Å². The van der Waals surface area contributed by atoms with Crippen LogP contribution in [0.3, 0.4) is 0 Å². The fraction of sp³-hybridized carbons (Fsp3) is 0.158. The summed E-state index contributed by atoms with van der Waals surface area (Å²) in [5, 5.41) is 10.5. The van der Waals surface area contributed by atoms with Gasteiger partial charge in [0.1, 0.15) is 29.6 Å². The molecule has 0 atom stereocenters. The summed E-state index contributed by atoms with van der Waals surface area (Å²) in [6.07, 6.45) is 1.57. The van der Waals surface area contributed by atoms with Gasteiger partial charge in [0.15, 0.2) is 5.76 Å². The summed E-state index contributed by atoms with van der Waals surface area (Å²) in [7, 11) is 3.07. The Bertz CT molecular complexity index is 899. The third-order valence-electron chi connectivity index (χ3n) is 3.73. The second-order valence-corrected chi connectivity index (χ2v) is 5.37. The molecule has 0 unspecified atom stereocenters. The highest BCUT2D eigenvalue weighted by Gasteiger charge is 2.28. The molecular formula is C19H15O7-. The van der Waals surface area contributed by atoms with Gasteiger partial charge in [0, 0.05) is 17.7 Å². The lowest BCUT2D eigenvalue weighted by Crippen LogP contribution is -2.28. The summed E-state index contributed by atoms with van der Waals surface area (Å²) in [4.78, 5) is 23.0. The van der Waals surface area contributed by atoms with Crippen molar-refractivity contribution in [2.24, 2.45) is 0 Å². The molecule has 0 aromatic heterocycles. The average molecular weight is 355 g/mol. The molecule has 2 aromatic carbocycles. The second kappa shape index (κ2) is 7.18. The lowest BCUT2D eigenvalue weighted by Gasteiger charge is -2.08. The molecule has 7 nitrogen and oxygen atoms in total. The van der Waals surface area contributed by atoms with Gasteiger partial charge in [-0.1, -0.05) is 0 Å². The summed E-state index contributed by atoms with van der Waals surface area (Å²) in [5.74, 6) is 0.218. The van der Waals surface area contributed by atoms with E-state index in [0.29, 0.717) is 28.4 Å². The molecule has 0 aliphatic carbocycles. The van der Waals surface area contributed by atoms with E-state index in [4.69, 9.17) is 18.9 Å². The van der Waals surface area contributed by atoms with Gasteiger partial charge in [-0.05, 0) is 30.3 Å². The largest absolute Gasteiger partial charge is 0.546 e. The maximum atomic E-state index is 12.5. The van der Waals surface area contributed by atoms with E-state index in [0.717, 1.165) is 0 Å². The van der Waals surface area contributed by atoms with Gasteiger partial charge in [-0.2, -0.15) is 0 Å². The number of carbonyl (C=O) groups is 2. The van der Waals surface area contributed by atoms with Crippen molar-refractivity contribution in [1.29, 1.82) is 0 Å². The molecule has 1 aliphatic heterocycles. The number of benzene rings is 2. The first-order valence-electron chi connectivity index (χ1n) is 7.65. The first-order chi connectivity index (χ1) is 12.5. The van der Waals surface area contributed by atoms with Crippen LogP contribution in [0.4, 0.5) is 0 Å². The van der Waals surface area contributed by atoms with Gasteiger partial charge in [0.25, 0.3) is 0 Å². The first kappa shape index (κ1) is 17.3. The molecule has 7 heteroatoms. The Morgan fingerprint density at radius 1 is 1.12 bits per heavy atom. The van der Waals surface area contributed by atoms with Crippen LogP contribution in [0.15, 0.2) is 42.2 Å². The van der Waals surface area contributed by atoms with Crippen molar-refractivity contribution >= 4 is 17.8 Å². The quantitative estimate of drug-likeness (QED) is 0.724. The molecule has 1 heterocycles. The van der Waals surface area contributed by atoms with E-state index in [9.17, 15) is 14.7 Å². The molecule has 0 N–H and O–H groups in total. The van der Waals surface area contributed by atoms with Crippen LogP contribution in [0.2, 0.25) is 0 Å². The van der Waals surface area contributed by atoms with E-state index < -0.39 is 12.6 Å². The lowest BCUT2D eigenvalue weighted by molar-refractivity contribution is -0.307. The molecule has 2 aromatic rings. The van der Waals surface area contributed by atoms with Crippen molar-refractivity contribution in [3.05, 3.63) is 53.3 Å². The number of carboxylic acids is 1. The zero-order valence-electron chi connectivity index (χ0n) is 14.1. The van der Waals surface area contributed by atoms with Crippen LogP contribution in [0.25, 0.3) is 6.08 Å². The molecule has 0 saturated carbocycles. The summed E-state index contributed by atoms with van der Waals surface area (Å²) in [5.41, 5.74) is 1.02. The highest BCUT2D eigenvalue weighted by atomic mass is 16.5. The van der Waals surface area contributed by atoms with Crippen LogP contribution in [-0.2, 0) is 4.79 Å². The molecule has 1 aliphatic rings. The van der Waals surface area contributed by atoms with Gasteiger partial charge in [0.2, 0.25) is 5.78 Å². The molecule has 0 saturated heterocycles. The van der Waals surface area contributed by atoms with Crippen molar-refractivity contribution < 1.29 is 33.6 Å². The number of ketones is 1. The minimum absolute atomic E-state index is 0.125. The highest BCUT2D eigenvalue weighted by molar-refractivity contribution is 6.14. The zero-order valence-corrected chi connectivity index (χ0v) is 14.1. The molecule has 26 heavy (non-hydrogen) atoms. The molecule has 3 rings (SSSR count). The number of carboxylic acid groups (broad SMARTS) is 1. The molecular weight excluding hydrogens is 340 g/mol. The summed E-state index contributed by atoms with van der Waals surface area (Å²) >= 11 is 0. The minimum Gasteiger partial charge on any atom is -0.546 e. The second-order valence-electron chi connectivity index (χ2n) is 5.37. The molecule has 134 valence electrons. The number of methoxy groups -OCH3 is 2. The zero-order chi connectivity index (χ0) is 18.7. The van der Waals surface area contributed by atoms with Gasteiger partial charge in [-0.25, -0.2) is 0 Å². The van der Waals surface area contributed by atoms with Crippen molar-refractivity contribution in [3.8, 4) is 23.0 Å². The van der Waals surface area contributed by atoms with Gasteiger partial charge in [-0.15, -0.1) is 0 Å². The summed E-state index contributed by atoms with van der Waals surface area (Å²) < 4.78 is 21.1. The van der Waals surface area contributed by atoms with Crippen molar-refractivity contribution in [3.63, 3.8) is 0 Å². The Hall–Kier alpha value is -3.48. The van der Waals surface area contributed by atoms with E-state index in [1.54, 1.807) is 31.4 Å². The van der Waals surface area contributed by atoms with Crippen LogP contribution in [-0.4, -0.2) is 32.6 Å². The minimum atomic E-state index is -1.34. The lowest BCUT2D eigenvalue weighted by atomic mass is 10.1. The monoisotopic (exact) mass is 355 g/mol. The third kappa shape index (κ3) is 3.46. The maximum Gasteiger partial charge on any atom is 0.231 e. The van der Waals surface area contributed by atoms with Gasteiger partial charge in [-0.3, -0.25) is 4.79 Å². The highest BCUT2D eigenvalue weighted by Crippen LogP contribution is 2.36. The number of ether oxygens (including phenoxy) is 4. The molecule has 0 fully saturated rings. The van der Waals surface area contributed by atoms with E-state index >= 15 is 0 Å². The van der Waals surface area contributed by atoms with E-state index in [1.165, 1.54) is 25.3 Å². The maximum absolute atomic E-state index is 12.5. The van der Waals surface area contributed by atoms with Crippen LogP contribution < -0.4 is 24.1 Å². The Labute approximate surface area is 149 Å². The normalized spacial score (nSPS) is 13.9. The third-order valence-corrected chi connectivity index (χ3v) is 3.73. The number of carbonyl (C=O) groups excluding carboxylic acids is 2. The number of allylic oxidation sites excluding steroid dienone is 1. The van der Waals surface area contributed by atoms with Crippen LogP contribution >= 0.6 is 0 Å². The fourth-order valence-corrected chi connectivity index (χ4v) is 2.48. The van der Waals surface area contributed by atoms with Gasteiger partial charge >= 0.3 is 0 Å². The topological polar surface area (TPSA) is 94.1 Å². The number of hydrogen-bond donors (Lipinski definition) is 0. The predicted molar refractivity (Wildman–Crippen MR) is 89.4 cm³/mol. The van der Waals surface area contributed by atoms with Gasteiger partial charge in [0.05, 0.1) is 25.8 Å². The number of fused-ring (bicyclic) bond motifs is 1. The number of Topliss-reactive ketones (excluding diaryl/α,β-unsaturated/α-hetero) is 1. The van der Waals surface area contributed by atoms with Crippen LogP contribution in [0.5, 0.6) is 23.0 Å². The number of aliphatic carboxylic acids is 1. The molecule has 0 bridgehead atoms. The van der Waals surface area contributed by atoms with Gasteiger partial charge < -0.3 is 28.8 Å². The standard InChI is InChI=1S/C19H16O7/c1-23-12-4-3-11(15(8-12)24-2)7-17-19(22)14-6-5-13(9-16(14)26-17)25-10-18(20)21/h3-9H,10H2,1-2H3,(H,20,21)/p-1/b17-7+. The Balaban J connectivity index is 1.87. The Kier molecular flexibility index (Phi) is 4.79. The number of hydrogen-bond acceptors (Lipinski definition) is 7. The molecule has 0 amide bonds. The Morgan fingerprint density at radius 3 is 2.58 bits per heavy atom. The van der Waals surface area contributed by atoms with E-state index in [1.807, 2.05) is 0 Å². The van der Waals surface area contributed by atoms with E-state index in [-0.39, 0.29) is 17.3 Å². The first-order valence-corrected chi connectivity index (χ1v) is 7.65. The molecule has 0 spiro atoms. The number of rotatable bonds is 6. The molecule has 0 radical (unpaired) electrons. The fourth-order valence-electron chi connectivity index (χ4n) is 2.48. The van der Waals surface area contributed by atoms with E-state index in [2.05, 4.69) is 0 Å². The summed E-state index contributed by atoms with van der Waals surface area (Å²) in [6.45, 7) is -0.585. The SMILES string of the molecule is COc1ccc(/C=C2/Oc3cc(OCC(=O)[O-])ccc3C2=O)c(OC)c1. The summed E-state index contributed by atoms with van der Waals surface area (Å²) in [6, 6.07) is 9.67. The van der Waals surface area contributed by atoms with Crippen molar-refractivity contribution in [2.75, 3.05) is 20.8 Å². The predicted octanol–water partition coefficient (Wildman–Crippen LogP) is 1.45. The Morgan fingerprint density at radius 2 is 1.88 bits per heavy atom. The van der Waals surface area contributed by atoms with Crippen LogP contribution in [0.1, 0.15) is 15.9 Å². The smallest absolute Gasteiger partial charge is 0.231 e. The average Bonchev–Trinajstić information content (AvgIpc) is 2.95. The van der Waals surface area contributed by atoms with Crippen molar-refractivity contribution in [1.82, 2.24) is 0 Å².